The van der Waals surface area contributed by atoms with Crippen molar-refractivity contribution in [3.8, 4) is 5.75 Å². The SMILES string of the molecule is COC1=NO[C@@]2(CC[C@H](C)N3C[C@H]2n2cc(C(=O)NCc4ccc(F)cc4F)c(=O)c(OC(=O)OCCCCCC(C)C)c2C3=O)C1. The molecule has 254 valence electrons. The average molecular weight is 659 g/mol. The lowest BCUT2D eigenvalue weighted by Gasteiger charge is -2.41. The van der Waals surface area contributed by atoms with Gasteiger partial charge in [-0.05, 0) is 38.2 Å². The zero-order chi connectivity index (χ0) is 33.9. The quantitative estimate of drug-likeness (QED) is 0.276. The summed E-state index contributed by atoms with van der Waals surface area (Å²) in [5, 5.41) is 6.57. The Morgan fingerprint density at radius 3 is 2.68 bits per heavy atom. The van der Waals surface area contributed by atoms with Crippen molar-refractivity contribution < 1.29 is 42.2 Å². The van der Waals surface area contributed by atoms with Gasteiger partial charge in [-0.1, -0.05) is 44.3 Å². The van der Waals surface area contributed by atoms with Crippen molar-refractivity contribution in [3.05, 3.63) is 63.1 Å². The van der Waals surface area contributed by atoms with E-state index in [1.54, 1.807) is 4.90 Å². The lowest BCUT2D eigenvalue weighted by Crippen LogP contribution is -2.52. The summed E-state index contributed by atoms with van der Waals surface area (Å²) in [5.74, 6) is -2.91. The topological polar surface area (TPSA) is 138 Å². The van der Waals surface area contributed by atoms with Gasteiger partial charge >= 0.3 is 6.16 Å². The highest BCUT2D eigenvalue weighted by atomic mass is 19.1. The van der Waals surface area contributed by atoms with E-state index in [0.29, 0.717) is 37.1 Å². The van der Waals surface area contributed by atoms with E-state index in [1.165, 1.54) is 23.9 Å². The Labute approximate surface area is 271 Å². The van der Waals surface area contributed by atoms with Crippen LogP contribution in [0, 0.1) is 17.6 Å². The molecule has 3 aliphatic rings. The molecule has 1 aromatic carbocycles. The largest absolute Gasteiger partial charge is 0.514 e. The summed E-state index contributed by atoms with van der Waals surface area (Å²) in [6.45, 7) is 5.96. The molecule has 47 heavy (non-hydrogen) atoms. The van der Waals surface area contributed by atoms with Gasteiger partial charge < -0.3 is 33.8 Å². The van der Waals surface area contributed by atoms with Gasteiger partial charge in [0.05, 0.1) is 26.2 Å². The summed E-state index contributed by atoms with van der Waals surface area (Å²) >= 11 is 0. The molecule has 2 amide bonds. The summed E-state index contributed by atoms with van der Waals surface area (Å²) in [7, 11) is 1.47. The molecule has 0 radical (unpaired) electrons. The van der Waals surface area contributed by atoms with Crippen molar-refractivity contribution in [2.45, 2.75) is 89.9 Å². The van der Waals surface area contributed by atoms with Gasteiger partial charge in [0.1, 0.15) is 17.2 Å². The van der Waals surface area contributed by atoms with E-state index in [-0.39, 0.29) is 43.4 Å². The maximum Gasteiger partial charge on any atom is 0.514 e. The second-order valence-corrected chi connectivity index (χ2v) is 12.7. The lowest BCUT2D eigenvalue weighted by molar-refractivity contribution is -0.0655. The summed E-state index contributed by atoms with van der Waals surface area (Å²) in [5.41, 5.74) is -2.75. The average Bonchev–Trinajstić information content (AvgIpc) is 3.41. The minimum Gasteiger partial charge on any atom is -0.482 e. The number of unbranched alkanes of at least 4 members (excludes halogenated alkanes) is 2. The molecule has 2 aromatic rings. The summed E-state index contributed by atoms with van der Waals surface area (Å²) < 4.78 is 45.2. The van der Waals surface area contributed by atoms with E-state index < -0.39 is 58.0 Å². The van der Waals surface area contributed by atoms with Gasteiger partial charge in [-0.2, -0.15) is 0 Å². The van der Waals surface area contributed by atoms with Crippen LogP contribution < -0.4 is 15.5 Å². The number of nitrogens with zero attached hydrogens (tertiary/aromatic N) is 3. The first-order chi connectivity index (χ1) is 22.4. The van der Waals surface area contributed by atoms with E-state index in [2.05, 4.69) is 24.3 Å². The Balaban J connectivity index is 1.50. The van der Waals surface area contributed by atoms with Crippen LogP contribution in [-0.2, 0) is 20.9 Å². The first-order valence-electron chi connectivity index (χ1n) is 15.9. The van der Waals surface area contributed by atoms with Gasteiger partial charge in [-0.15, -0.1) is 0 Å². The van der Waals surface area contributed by atoms with Crippen molar-refractivity contribution in [2.75, 3.05) is 20.3 Å². The molecule has 5 rings (SSSR count). The lowest BCUT2D eigenvalue weighted by atomic mass is 9.85. The zero-order valence-electron chi connectivity index (χ0n) is 27.0. The molecule has 3 aliphatic heterocycles. The van der Waals surface area contributed by atoms with Crippen molar-refractivity contribution in [1.29, 1.82) is 0 Å². The molecule has 0 saturated carbocycles. The number of carbonyl (C=O) groups is 3. The number of benzene rings is 1. The molecule has 1 fully saturated rings. The Kier molecular flexibility index (Phi) is 10.2. The molecule has 12 nitrogen and oxygen atoms in total. The summed E-state index contributed by atoms with van der Waals surface area (Å²) in [6, 6.07) is 1.97. The second-order valence-electron chi connectivity index (χ2n) is 12.7. The minimum atomic E-state index is -1.19. The van der Waals surface area contributed by atoms with Crippen molar-refractivity contribution in [2.24, 2.45) is 11.1 Å². The van der Waals surface area contributed by atoms with Crippen LogP contribution in [0.15, 0.2) is 34.3 Å². The van der Waals surface area contributed by atoms with Crippen molar-refractivity contribution in [3.63, 3.8) is 0 Å². The number of fused-ring (bicyclic) bond motifs is 5. The minimum absolute atomic E-state index is 0.0163. The Hall–Kier alpha value is -4.49. The number of hydrogen-bond acceptors (Lipinski definition) is 9. The molecule has 1 aromatic heterocycles. The van der Waals surface area contributed by atoms with E-state index in [4.69, 9.17) is 19.0 Å². The fourth-order valence-corrected chi connectivity index (χ4v) is 6.31. The highest BCUT2D eigenvalue weighted by Crippen LogP contribution is 2.46. The number of rotatable bonds is 10. The smallest absolute Gasteiger partial charge is 0.482 e. The van der Waals surface area contributed by atoms with Crippen LogP contribution in [-0.4, -0.2) is 65.2 Å². The van der Waals surface area contributed by atoms with Crippen LogP contribution >= 0.6 is 0 Å². The normalized spacial score (nSPS) is 21.6. The molecular formula is C33H40F2N4O8. The van der Waals surface area contributed by atoms with Crippen molar-refractivity contribution in [1.82, 2.24) is 14.8 Å². The van der Waals surface area contributed by atoms with Gasteiger partial charge in [0.2, 0.25) is 17.1 Å². The first-order valence-corrected chi connectivity index (χ1v) is 15.9. The number of ether oxygens (including phenoxy) is 3. The Bertz CT molecular complexity index is 1630. The highest BCUT2D eigenvalue weighted by molar-refractivity contribution is 6.00. The molecule has 0 unspecified atom stereocenters. The number of amides is 2. The van der Waals surface area contributed by atoms with Gasteiger partial charge in [-0.25, -0.2) is 13.6 Å². The molecule has 14 heteroatoms. The van der Waals surface area contributed by atoms with Crippen LogP contribution in [0.25, 0.3) is 0 Å². The van der Waals surface area contributed by atoms with E-state index >= 15 is 0 Å². The maximum atomic E-state index is 14.3. The third kappa shape index (κ3) is 7.10. The van der Waals surface area contributed by atoms with Crippen LogP contribution in [0.4, 0.5) is 13.6 Å². The number of methoxy groups -OCH3 is 1. The summed E-state index contributed by atoms with van der Waals surface area (Å²) in [4.78, 5) is 61.8. The fraction of sp³-hybridized carbons (Fsp3) is 0.545. The summed E-state index contributed by atoms with van der Waals surface area (Å²) in [6.07, 6.45) is 4.71. The van der Waals surface area contributed by atoms with E-state index in [9.17, 15) is 28.0 Å². The third-order valence-corrected chi connectivity index (χ3v) is 9.03. The van der Waals surface area contributed by atoms with Gasteiger partial charge in [-0.3, -0.25) is 14.4 Å². The van der Waals surface area contributed by atoms with Crippen molar-refractivity contribution >= 4 is 23.9 Å². The third-order valence-electron chi connectivity index (χ3n) is 9.03. The van der Waals surface area contributed by atoms with Crippen LogP contribution in [0.1, 0.15) is 98.2 Å². The number of pyridine rings is 1. The van der Waals surface area contributed by atoms with Gasteiger partial charge in [0.15, 0.2) is 11.3 Å². The van der Waals surface area contributed by atoms with E-state index in [0.717, 1.165) is 25.3 Å². The van der Waals surface area contributed by atoms with Crippen LogP contribution in [0.2, 0.25) is 0 Å². The van der Waals surface area contributed by atoms with Crippen LogP contribution in [0.5, 0.6) is 5.75 Å². The Morgan fingerprint density at radius 1 is 1.19 bits per heavy atom. The second kappa shape index (κ2) is 14.1. The molecule has 1 spiro atoms. The highest BCUT2D eigenvalue weighted by Gasteiger charge is 2.55. The number of oxime groups is 1. The molecule has 2 bridgehead atoms. The number of nitrogens with one attached hydrogen (secondary N) is 1. The number of halogens is 2. The van der Waals surface area contributed by atoms with Gasteiger partial charge in [0, 0.05) is 37.0 Å². The first kappa shape index (κ1) is 33.9. The Morgan fingerprint density at radius 2 is 1.98 bits per heavy atom. The molecule has 4 heterocycles. The predicted octanol–water partition coefficient (Wildman–Crippen LogP) is 5.09. The molecule has 1 N–H and O–H groups in total. The molecule has 1 saturated heterocycles. The molecule has 3 atom stereocenters. The molecule has 0 aliphatic carbocycles. The van der Waals surface area contributed by atoms with Crippen LogP contribution in [0.3, 0.4) is 0 Å². The number of aromatic nitrogens is 1. The fourth-order valence-electron chi connectivity index (χ4n) is 6.31. The molecular weight excluding hydrogens is 618 g/mol. The monoisotopic (exact) mass is 658 g/mol. The predicted molar refractivity (Wildman–Crippen MR) is 165 cm³/mol. The number of carbonyl (C=O) groups excluding carboxylic acids is 3. The van der Waals surface area contributed by atoms with E-state index in [1.807, 2.05) is 6.92 Å². The maximum absolute atomic E-state index is 14.3. The number of hydrogen-bond donors (Lipinski definition) is 1. The standard InChI is InChI=1S/C33H40F2N4O8/c1-19(2)8-6-5-7-13-45-32(43)46-29-27-31(42)38-18-25(33(12-11-20(38)3)15-26(44-4)37-47-33)39(27)17-23(28(29)40)30(41)36-16-21-9-10-22(34)14-24(21)35/h9-10,14,17,19-20,25H,5-8,11-13,15-16,18H2,1-4H3,(H,36,41)/t20-,25+,33-/m0/s1. The zero-order valence-corrected chi connectivity index (χ0v) is 27.0. The van der Waals surface area contributed by atoms with Gasteiger partial charge in [0.25, 0.3) is 11.8 Å².